The molecule has 1 aromatic rings. The Labute approximate surface area is 98.3 Å². The molecule has 1 aliphatic heterocycles. The second kappa shape index (κ2) is 4.92. The second-order valence-electron chi connectivity index (χ2n) is 3.94. The molecule has 0 saturated carbocycles. The lowest BCUT2D eigenvalue weighted by Crippen LogP contribution is -2.39. The number of benzene rings is 1. The van der Waals surface area contributed by atoms with Gasteiger partial charge in [-0.05, 0) is 25.0 Å². The minimum Gasteiger partial charge on any atom is -0.285 e. The molecule has 0 spiro atoms. The first kappa shape index (κ1) is 11.5. The van der Waals surface area contributed by atoms with E-state index in [1.165, 1.54) is 24.3 Å². The first-order valence-electron chi connectivity index (χ1n) is 5.47. The summed E-state index contributed by atoms with van der Waals surface area (Å²) in [5.74, 6) is -0.221. The topological polar surface area (TPSA) is 75.5 Å². The van der Waals surface area contributed by atoms with Crippen LogP contribution in [-0.4, -0.2) is 28.9 Å². The van der Waals surface area contributed by atoms with E-state index in [-0.39, 0.29) is 11.6 Å². The average Bonchev–Trinajstić information content (AvgIpc) is 2.82. The van der Waals surface area contributed by atoms with Crippen LogP contribution in [0.15, 0.2) is 24.3 Å². The van der Waals surface area contributed by atoms with Gasteiger partial charge in [0.1, 0.15) is 0 Å². The number of nitrogens with one attached hydrogen (secondary N) is 1. The van der Waals surface area contributed by atoms with Gasteiger partial charge < -0.3 is 0 Å². The fourth-order valence-electron chi connectivity index (χ4n) is 1.77. The van der Waals surface area contributed by atoms with Crippen molar-refractivity contribution in [3.8, 4) is 0 Å². The highest BCUT2D eigenvalue weighted by molar-refractivity contribution is 5.94. The van der Waals surface area contributed by atoms with Crippen molar-refractivity contribution in [2.24, 2.45) is 0 Å². The molecule has 0 aromatic heterocycles. The maximum Gasteiger partial charge on any atom is 0.269 e. The number of hydrogen-bond donors (Lipinski definition) is 1. The van der Waals surface area contributed by atoms with E-state index in [4.69, 9.17) is 0 Å². The van der Waals surface area contributed by atoms with E-state index >= 15 is 0 Å². The van der Waals surface area contributed by atoms with Crippen molar-refractivity contribution in [3.05, 3.63) is 39.9 Å². The fraction of sp³-hybridized carbons (Fsp3) is 0.364. The lowest BCUT2D eigenvalue weighted by Gasteiger charge is -2.15. The van der Waals surface area contributed by atoms with E-state index in [2.05, 4.69) is 5.43 Å². The Bertz CT molecular complexity index is 424. The zero-order valence-electron chi connectivity index (χ0n) is 9.26. The second-order valence-corrected chi connectivity index (χ2v) is 3.94. The van der Waals surface area contributed by atoms with Crippen molar-refractivity contribution >= 4 is 11.6 Å². The Morgan fingerprint density at radius 2 is 1.82 bits per heavy atom. The lowest BCUT2D eigenvalue weighted by atomic mass is 10.2. The largest absolute Gasteiger partial charge is 0.285 e. The van der Waals surface area contributed by atoms with Gasteiger partial charge in [-0.3, -0.25) is 20.3 Å². The minimum absolute atomic E-state index is 0.0114. The number of nitro benzene ring substituents is 1. The molecule has 1 N–H and O–H groups in total. The molecule has 1 saturated heterocycles. The number of hydrazine groups is 1. The quantitative estimate of drug-likeness (QED) is 0.633. The Balaban J connectivity index is 2.01. The Morgan fingerprint density at radius 3 is 2.35 bits per heavy atom. The summed E-state index contributed by atoms with van der Waals surface area (Å²) in [6.07, 6.45) is 2.17. The first-order valence-corrected chi connectivity index (χ1v) is 5.47. The number of nitro groups is 1. The molecule has 1 aromatic carbocycles. The summed E-state index contributed by atoms with van der Waals surface area (Å²) in [4.78, 5) is 21.7. The Morgan fingerprint density at radius 1 is 1.24 bits per heavy atom. The normalized spacial score (nSPS) is 15.8. The standard InChI is InChI=1S/C11H13N3O3/c15-11(12-13-7-1-2-8-13)9-3-5-10(6-4-9)14(16)17/h3-6H,1-2,7-8H2,(H,12,15). The van der Waals surface area contributed by atoms with E-state index in [0.717, 1.165) is 25.9 Å². The predicted octanol–water partition coefficient (Wildman–Crippen LogP) is 1.34. The number of nitrogens with zero attached hydrogens (tertiary/aromatic N) is 2. The van der Waals surface area contributed by atoms with Gasteiger partial charge in [0.15, 0.2) is 0 Å². The summed E-state index contributed by atoms with van der Waals surface area (Å²) in [6.45, 7) is 1.72. The van der Waals surface area contributed by atoms with E-state index in [1.807, 2.05) is 5.01 Å². The van der Waals surface area contributed by atoms with E-state index in [0.29, 0.717) is 5.56 Å². The molecule has 6 nitrogen and oxygen atoms in total. The van der Waals surface area contributed by atoms with Crippen LogP contribution in [0.1, 0.15) is 23.2 Å². The summed E-state index contributed by atoms with van der Waals surface area (Å²) in [7, 11) is 0. The van der Waals surface area contributed by atoms with Crippen LogP contribution in [0.3, 0.4) is 0 Å². The van der Waals surface area contributed by atoms with Crippen LogP contribution in [0, 0.1) is 10.1 Å². The molecule has 2 rings (SSSR count). The van der Waals surface area contributed by atoms with Crippen LogP contribution in [0.5, 0.6) is 0 Å². The van der Waals surface area contributed by atoms with Crippen LogP contribution < -0.4 is 5.43 Å². The SMILES string of the molecule is O=C(NN1CCCC1)c1ccc([N+](=O)[O-])cc1. The van der Waals surface area contributed by atoms with Crippen molar-refractivity contribution in [3.63, 3.8) is 0 Å². The van der Waals surface area contributed by atoms with Crippen molar-refractivity contribution in [2.45, 2.75) is 12.8 Å². The summed E-state index contributed by atoms with van der Waals surface area (Å²) in [6, 6.07) is 5.59. The van der Waals surface area contributed by atoms with Crippen LogP contribution in [0.2, 0.25) is 0 Å². The summed E-state index contributed by atoms with van der Waals surface area (Å²) < 4.78 is 0. The van der Waals surface area contributed by atoms with Gasteiger partial charge in [0.05, 0.1) is 4.92 Å². The van der Waals surface area contributed by atoms with Crippen LogP contribution in [0.4, 0.5) is 5.69 Å². The highest BCUT2D eigenvalue weighted by atomic mass is 16.6. The molecule has 0 radical (unpaired) electrons. The molecule has 0 atom stereocenters. The monoisotopic (exact) mass is 235 g/mol. The molecule has 90 valence electrons. The molecule has 17 heavy (non-hydrogen) atoms. The summed E-state index contributed by atoms with van der Waals surface area (Å²) in [5.41, 5.74) is 3.19. The highest BCUT2D eigenvalue weighted by Crippen LogP contribution is 2.12. The molecule has 1 amide bonds. The molecule has 0 aliphatic carbocycles. The smallest absolute Gasteiger partial charge is 0.269 e. The number of non-ortho nitro benzene ring substituents is 1. The van der Waals surface area contributed by atoms with Crippen LogP contribution in [0.25, 0.3) is 0 Å². The third-order valence-corrected chi connectivity index (χ3v) is 2.71. The predicted molar refractivity (Wildman–Crippen MR) is 61.4 cm³/mol. The van der Waals surface area contributed by atoms with Crippen LogP contribution in [-0.2, 0) is 0 Å². The van der Waals surface area contributed by atoms with Gasteiger partial charge in [-0.25, -0.2) is 5.01 Å². The highest BCUT2D eigenvalue weighted by Gasteiger charge is 2.15. The van der Waals surface area contributed by atoms with Gasteiger partial charge in [0.25, 0.3) is 11.6 Å². The maximum atomic E-state index is 11.8. The number of carbonyl (C=O) groups is 1. The fourth-order valence-corrected chi connectivity index (χ4v) is 1.77. The van der Waals surface area contributed by atoms with Crippen molar-refractivity contribution in [2.75, 3.05) is 13.1 Å². The van der Waals surface area contributed by atoms with Gasteiger partial charge in [0, 0.05) is 30.8 Å². The van der Waals surface area contributed by atoms with E-state index in [1.54, 1.807) is 0 Å². The number of hydrogen-bond acceptors (Lipinski definition) is 4. The average molecular weight is 235 g/mol. The van der Waals surface area contributed by atoms with Gasteiger partial charge >= 0.3 is 0 Å². The maximum absolute atomic E-state index is 11.8. The summed E-state index contributed by atoms with van der Waals surface area (Å²) in [5, 5.41) is 12.3. The molecule has 1 aliphatic rings. The van der Waals surface area contributed by atoms with Gasteiger partial charge in [-0.2, -0.15) is 0 Å². The molecule has 1 heterocycles. The van der Waals surface area contributed by atoms with Gasteiger partial charge in [-0.1, -0.05) is 0 Å². The van der Waals surface area contributed by atoms with E-state index < -0.39 is 4.92 Å². The molecular weight excluding hydrogens is 222 g/mol. The zero-order valence-corrected chi connectivity index (χ0v) is 9.26. The zero-order chi connectivity index (χ0) is 12.3. The molecule has 1 fully saturated rings. The molecule has 0 bridgehead atoms. The number of rotatable bonds is 3. The third-order valence-electron chi connectivity index (χ3n) is 2.71. The van der Waals surface area contributed by atoms with Gasteiger partial charge in [0.2, 0.25) is 0 Å². The summed E-state index contributed by atoms with van der Waals surface area (Å²) >= 11 is 0. The van der Waals surface area contributed by atoms with Gasteiger partial charge in [-0.15, -0.1) is 0 Å². The van der Waals surface area contributed by atoms with Crippen molar-refractivity contribution in [1.82, 2.24) is 10.4 Å². The first-order chi connectivity index (χ1) is 8.16. The molecule has 6 heteroatoms. The van der Waals surface area contributed by atoms with E-state index in [9.17, 15) is 14.9 Å². The lowest BCUT2D eigenvalue weighted by molar-refractivity contribution is -0.384. The Hall–Kier alpha value is -1.95. The molecular formula is C11H13N3O3. The van der Waals surface area contributed by atoms with Crippen molar-refractivity contribution in [1.29, 1.82) is 0 Å². The van der Waals surface area contributed by atoms with Crippen LogP contribution >= 0.6 is 0 Å². The van der Waals surface area contributed by atoms with Crippen molar-refractivity contribution < 1.29 is 9.72 Å². The minimum atomic E-state index is -0.484. The molecule has 0 unspecified atom stereocenters. The Kier molecular flexibility index (Phi) is 3.34. The number of carbonyl (C=O) groups excluding carboxylic acids is 1. The third kappa shape index (κ3) is 2.79. The number of amides is 1.